The van der Waals surface area contributed by atoms with Crippen molar-refractivity contribution < 1.29 is 14.4 Å². The van der Waals surface area contributed by atoms with Crippen LogP contribution in [0.3, 0.4) is 0 Å². The van der Waals surface area contributed by atoms with Crippen molar-refractivity contribution in [3.63, 3.8) is 0 Å². The number of aryl methyl sites for hydroxylation is 2. The number of hydrogen-bond acceptors (Lipinski definition) is 3. The number of Topliss-reactive ketones (excluding diaryl/α,β-unsaturated/α-hetero) is 1. The van der Waals surface area contributed by atoms with Crippen LogP contribution in [0.25, 0.3) is 0 Å². The minimum Gasteiger partial charge on any atom is -0.326 e. The molecule has 1 saturated heterocycles. The highest BCUT2D eigenvalue weighted by Crippen LogP contribution is 2.27. The molecule has 5 heteroatoms. The van der Waals surface area contributed by atoms with Crippen molar-refractivity contribution in [2.24, 2.45) is 5.92 Å². The van der Waals surface area contributed by atoms with Crippen molar-refractivity contribution in [2.45, 2.75) is 27.2 Å². The van der Waals surface area contributed by atoms with Gasteiger partial charge in [0.15, 0.2) is 5.78 Å². The molecule has 0 aromatic heterocycles. The maximum absolute atomic E-state index is 12.6. The lowest BCUT2D eigenvalue weighted by Crippen LogP contribution is -2.28. The smallest absolute Gasteiger partial charge is 0.229 e. The first-order chi connectivity index (χ1) is 12.3. The Bertz CT molecular complexity index is 868. The Labute approximate surface area is 153 Å². The van der Waals surface area contributed by atoms with Crippen molar-refractivity contribution >= 4 is 29.0 Å². The summed E-state index contributed by atoms with van der Waals surface area (Å²) in [6.07, 6.45) is 0.186. The molecule has 0 bridgehead atoms. The fraction of sp³-hybridized carbons (Fsp3) is 0.286. The van der Waals surface area contributed by atoms with E-state index in [0.717, 1.165) is 16.8 Å². The molecule has 1 heterocycles. The fourth-order valence-corrected chi connectivity index (χ4v) is 3.30. The summed E-state index contributed by atoms with van der Waals surface area (Å²) in [5.41, 5.74) is 4.12. The zero-order valence-electron chi connectivity index (χ0n) is 15.2. The molecule has 1 aliphatic rings. The van der Waals surface area contributed by atoms with Crippen molar-refractivity contribution in [3.05, 3.63) is 59.2 Å². The molecule has 0 aliphatic carbocycles. The van der Waals surface area contributed by atoms with Gasteiger partial charge in [0, 0.05) is 29.9 Å². The summed E-state index contributed by atoms with van der Waals surface area (Å²) in [5, 5.41) is 2.82. The number of carbonyl (C=O) groups is 3. The van der Waals surface area contributed by atoms with E-state index < -0.39 is 5.92 Å². The minimum absolute atomic E-state index is 0.0485. The molecule has 5 nitrogen and oxygen atoms in total. The number of rotatable bonds is 4. The quantitative estimate of drug-likeness (QED) is 0.858. The molecule has 134 valence electrons. The Hall–Kier alpha value is -2.95. The summed E-state index contributed by atoms with van der Waals surface area (Å²) in [5.74, 6) is -0.721. The second-order valence-corrected chi connectivity index (χ2v) is 6.88. The van der Waals surface area contributed by atoms with Crippen molar-refractivity contribution in [1.29, 1.82) is 0 Å². The molecule has 26 heavy (non-hydrogen) atoms. The van der Waals surface area contributed by atoms with Gasteiger partial charge >= 0.3 is 0 Å². The third-order valence-electron chi connectivity index (χ3n) is 4.55. The molecule has 0 saturated carbocycles. The molecular weight excluding hydrogens is 328 g/mol. The molecule has 0 radical (unpaired) electrons. The number of anilines is 2. The maximum Gasteiger partial charge on any atom is 0.229 e. The Kier molecular flexibility index (Phi) is 4.89. The summed E-state index contributed by atoms with van der Waals surface area (Å²) in [6, 6.07) is 12.8. The van der Waals surface area contributed by atoms with Gasteiger partial charge in [-0.1, -0.05) is 18.2 Å². The Morgan fingerprint density at radius 3 is 2.42 bits per heavy atom. The van der Waals surface area contributed by atoms with Crippen LogP contribution in [0.15, 0.2) is 42.5 Å². The van der Waals surface area contributed by atoms with Crippen LogP contribution in [-0.4, -0.2) is 24.1 Å². The molecule has 1 fully saturated rings. The predicted molar refractivity (Wildman–Crippen MR) is 101 cm³/mol. The van der Waals surface area contributed by atoms with Crippen molar-refractivity contribution in [1.82, 2.24) is 0 Å². The molecule has 0 spiro atoms. The minimum atomic E-state index is -0.413. The number of hydrogen-bond donors (Lipinski definition) is 1. The molecule has 1 atom stereocenters. The first-order valence-electron chi connectivity index (χ1n) is 8.64. The van der Waals surface area contributed by atoms with E-state index in [1.165, 1.54) is 6.92 Å². The van der Waals surface area contributed by atoms with Crippen molar-refractivity contribution in [3.8, 4) is 0 Å². The van der Waals surface area contributed by atoms with Crippen LogP contribution >= 0.6 is 0 Å². The van der Waals surface area contributed by atoms with Gasteiger partial charge in [0.2, 0.25) is 11.8 Å². The zero-order chi connectivity index (χ0) is 18.8. The number of carbonyl (C=O) groups excluding carboxylic acids is 3. The molecular formula is C21H22N2O3. The molecule has 1 N–H and O–H groups in total. The Morgan fingerprint density at radius 1 is 1.08 bits per heavy atom. The normalized spacial score (nSPS) is 16.7. The van der Waals surface area contributed by atoms with E-state index in [9.17, 15) is 14.4 Å². The van der Waals surface area contributed by atoms with Gasteiger partial charge in [0.25, 0.3) is 0 Å². The third-order valence-corrected chi connectivity index (χ3v) is 4.55. The van der Waals surface area contributed by atoms with Gasteiger partial charge in [0.05, 0.1) is 5.92 Å². The predicted octanol–water partition coefficient (Wildman–Crippen LogP) is 3.50. The van der Waals surface area contributed by atoms with E-state index in [4.69, 9.17) is 0 Å². The van der Waals surface area contributed by atoms with E-state index >= 15 is 0 Å². The van der Waals surface area contributed by atoms with E-state index in [1.807, 2.05) is 26.0 Å². The molecule has 2 amide bonds. The van der Waals surface area contributed by atoms with Gasteiger partial charge < -0.3 is 10.2 Å². The lowest BCUT2D eigenvalue weighted by atomic mass is 10.1. The van der Waals surface area contributed by atoms with Crippen LogP contribution in [0.1, 0.15) is 34.8 Å². The second-order valence-electron chi connectivity index (χ2n) is 6.88. The van der Waals surface area contributed by atoms with Gasteiger partial charge in [-0.3, -0.25) is 14.4 Å². The van der Waals surface area contributed by atoms with Crippen LogP contribution in [-0.2, 0) is 9.59 Å². The third kappa shape index (κ3) is 3.82. The number of nitrogens with one attached hydrogen (secondary N) is 1. The summed E-state index contributed by atoms with van der Waals surface area (Å²) >= 11 is 0. The first-order valence-corrected chi connectivity index (χ1v) is 8.64. The highest BCUT2D eigenvalue weighted by molar-refractivity contribution is 6.04. The maximum atomic E-state index is 12.6. The highest BCUT2D eigenvalue weighted by atomic mass is 16.2. The average molecular weight is 350 g/mol. The van der Waals surface area contributed by atoms with Crippen LogP contribution in [0.4, 0.5) is 11.4 Å². The van der Waals surface area contributed by atoms with Gasteiger partial charge in [-0.15, -0.1) is 0 Å². The van der Waals surface area contributed by atoms with E-state index in [2.05, 4.69) is 11.4 Å². The van der Waals surface area contributed by atoms with Gasteiger partial charge in [-0.05, 0) is 56.2 Å². The van der Waals surface area contributed by atoms with Crippen LogP contribution in [0, 0.1) is 19.8 Å². The summed E-state index contributed by atoms with van der Waals surface area (Å²) in [6.45, 7) is 5.82. The van der Waals surface area contributed by atoms with E-state index in [0.29, 0.717) is 17.8 Å². The monoisotopic (exact) mass is 350 g/mol. The lowest BCUT2D eigenvalue weighted by molar-refractivity contribution is -0.122. The molecule has 3 rings (SSSR count). The lowest BCUT2D eigenvalue weighted by Gasteiger charge is -2.18. The van der Waals surface area contributed by atoms with Gasteiger partial charge in [-0.25, -0.2) is 0 Å². The molecule has 1 unspecified atom stereocenters. The number of ketones is 1. The average Bonchev–Trinajstić information content (AvgIpc) is 2.96. The number of benzene rings is 2. The Morgan fingerprint density at radius 2 is 1.77 bits per heavy atom. The highest BCUT2D eigenvalue weighted by Gasteiger charge is 2.35. The first kappa shape index (κ1) is 17.9. The number of amides is 2. The zero-order valence-corrected chi connectivity index (χ0v) is 15.2. The Balaban J connectivity index is 1.73. The summed E-state index contributed by atoms with van der Waals surface area (Å²) in [7, 11) is 0. The standard InChI is InChI=1S/C21H22N2O3/c1-13-7-14(2)9-19(8-13)23-12-17(11-20(23)25)21(26)22-18-6-4-5-16(10-18)15(3)24/h4-10,17H,11-12H2,1-3H3,(H,22,26). The van der Waals surface area contributed by atoms with Crippen LogP contribution in [0.2, 0.25) is 0 Å². The number of nitrogens with zero attached hydrogens (tertiary/aromatic N) is 1. The van der Waals surface area contributed by atoms with Crippen LogP contribution in [0.5, 0.6) is 0 Å². The van der Waals surface area contributed by atoms with Gasteiger partial charge in [0.1, 0.15) is 0 Å². The molecule has 1 aliphatic heterocycles. The van der Waals surface area contributed by atoms with Gasteiger partial charge in [-0.2, -0.15) is 0 Å². The molecule has 2 aromatic rings. The summed E-state index contributed by atoms with van der Waals surface area (Å²) < 4.78 is 0. The molecule has 2 aromatic carbocycles. The van der Waals surface area contributed by atoms with Crippen LogP contribution < -0.4 is 10.2 Å². The van der Waals surface area contributed by atoms with Crippen molar-refractivity contribution in [2.75, 3.05) is 16.8 Å². The SMILES string of the molecule is CC(=O)c1cccc(NC(=O)C2CC(=O)N(c3cc(C)cc(C)c3)C2)c1. The topological polar surface area (TPSA) is 66.5 Å². The van der Waals surface area contributed by atoms with E-state index in [1.54, 1.807) is 29.2 Å². The summed E-state index contributed by atoms with van der Waals surface area (Å²) in [4.78, 5) is 38.1. The van der Waals surface area contributed by atoms with E-state index in [-0.39, 0.29) is 24.0 Å². The largest absolute Gasteiger partial charge is 0.326 e. The second kappa shape index (κ2) is 7.12. The fourth-order valence-electron chi connectivity index (χ4n) is 3.30.